The molecule has 28 heavy (non-hydrogen) atoms. The lowest BCUT2D eigenvalue weighted by Crippen LogP contribution is -2.36. The standard InChI is InChI=1S/C21H22N6O/c1-21(28)7-4-15(5-8-21)25-20-24-13-19-16(6-11-27(19)26-20)14-2-3-17-18(12-14)23-10-9-22-17/h2-3,6,9-13,15,28H,4-5,7-8H2,1H3,(H,25,26). The molecule has 0 bridgehead atoms. The molecule has 142 valence electrons. The third kappa shape index (κ3) is 3.18. The second-order valence-electron chi connectivity index (χ2n) is 7.82. The Bertz CT molecular complexity index is 1140. The van der Waals surface area contributed by atoms with E-state index >= 15 is 0 Å². The maximum absolute atomic E-state index is 10.1. The van der Waals surface area contributed by atoms with Gasteiger partial charge in [0, 0.05) is 30.2 Å². The van der Waals surface area contributed by atoms with E-state index in [0.29, 0.717) is 12.0 Å². The van der Waals surface area contributed by atoms with Gasteiger partial charge >= 0.3 is 0 Å². The Labute approximate surface area is 162 Å². The average Bonchev–Trinajstić information content (AvgIpc) is 3.12. The van der Waals surface area contributed by atoms with Crippen molar-refractivity contribution >= 4 is 22.5 Å². The van der Waals surface area contributed by atoms with Crippen molar-refractivity contribution in [1.29, 1.82) is 0 Å². The summed E-state index contributed by atoms with van der Waals surface area (Å²) in [5.41, 5.74) is 4.28. The molecule has 5 rings (SSSR count). The quantitative estimate of drug-likeness (QED) is 0.571. The molecule has 0 aliphatic heterocycles. The molecule has 0 atom stereocenters. The SMILES string of the molecule is CC1(O)CCC(Nc2ncc3c(-c4ccc5nccnc5c4)ccn3n2)CC1. The number of nitrogens with one attached hydrogen (secondary N) is 1. The Hall–Kier alpha value is -3.06. The van der Waals surface area contributed by atoms with Gasteiger partial charge in [0.15, 0.2) is 0 Å². The van der Waals surface area contributed by atoms with E-state index in [9.17, 15) is 5.11 Å². The predicted molar refractivity (Wildman–Crippen MR) is 108 cm³/mol. The van der Waals surface area contributed by atoms with E-state index in [1.807, 2.05) is 48.1 Å². The lowest BCUT2D eigenvalue weighted by molar-refractivity contribution is 0.0195. The van der Waals surface area contributed by atoms with Crippen LogP contribution in [0, 0.1) is 0 Å². The topological polar surface area (TPSA) is 88.2 Å². The molecule has 0 spiro atoms. The fourth-order valence-electron chi connectivity index (χ4n) is 3.91. The first-order valence-electron chi connectivity index (χ1n) is 9.62. The lowest BCUT2D eigenvalue weighted by Gasteiger charge is -2.33. The summed E-state index contributed by atoms with van der Waals surface area (Å²) in [6.07, 6.45) is 10.6. The first kappa shape index (κ1) is 17.1. The van der Waals surface area contributed by atoms with Crippen molar-refractivity contribution in [2.24, 2.45) is 0 Å². The number of aliphatic hydroxyl groups is 1. The number of anilines is 1. The number of aromatic nitrogens is 5. The highest BCUT2D eigenvalue weighted by Crippen LogP contribution is 2.30. The zero-order valence-corrected chi connectivity index (χ0v) is 15.7. The summed E-state index contributed by atoms with van der Waals surface area (Å²) in [6, 6.07) is 8.41. The molecule has 1 aromatic carbocycles. The number of hydrogen-bond acceptors (Lipinski definition) is 6. The average molecular weight is 374 g/mol. The third-order valence-corrected chi connectivity index (χ3v) is 5.59. The van der Waals surface area contributed by atoms with Gasteiger partial charge in [0.2, 0.25) is 5.95 Å². The van der Waals surface area contributed by atoms with Crippen LogP contribution in [0.15, 0.2) is 49.1 Å². The molecule has 3 heterocycles. The molecule has 2 N–H and O–H groups in total. The third-order valence-electron chi connectivity index (χ3n) is 5.59. The van der Waals surface area contributed by atoms with Crippen LogP contribution in [0.4, 0.5) is 5.95 Å². The van der Waals surface area contributed by atoms with E-state index in [-0.39, 0.29) is 0 Å². The maximum atomic E-state index is 10.1. The van der Waals surface area contributed by atoms with E-state index in [1.165, 1.54) is 0 Å². The summed E-state index contributed by atoms with van der Waals surface area (Å²) in [4.78, 5) is 13.2. The summed E-state index contributed by atoms with van der Waals surface area (Å²) in [5.74, 6) is 0.616. The second-order valence-corrected chi connectivity index (χ2v) is 7.82. The lowest BCUT2D eigenvalue weighted by atomic mass is 9.84. The summed E-state index contributed by atoms with van der Waals surface area (Å²) >= 11 is 0. The van der Waals surface area contributed by atoms with E-state index in [4.69, 9.17) is 0 Å². The molecule has 3 aromatic heterocycles. The van der Waals surface area contributed by atoms with Crippen LogP contribution in [0.25, 0.3) is 27.7 Å². The second kappa shape index (κ2) is 6.53. The number of fused-ring (bicyclic) bond motifs is 2. The van der Waals surface area contributed by atoms with Crippen molar-refractivity contribution in [1.82, 2.24) is 24.6 Å². The van der Waals surface area contributed by atoms with Crippen LogP contribution in [0.5, 0.6) is 0 Å². The van der Waals surface area contributed by atoms with Crippen molar-refractivity contribution in [3.8, 4) is 11.1 Å². The molecular formula is C21H22N6O. The van der Waals surface area contributed by atoms with Gasteiger partial charge in [-0.3, -0.25) is 9.97 Å². The first-order valence-corrected chi connectivity index (χ1v) is 9.62. The fraction of sp³-hybridized carbons (Fsp3) is 0.333. The van der Waals surface area contributed by atoms with Crippen LogP contribution in [0.3, 0.4) is 0 Å². The van der Waals surface area contributed by atoms with Gasteiger partial charge in [0.1, 0.15) is 0 Å². The van der Waals surface area contributed by atoms with Gasteiger partial charge in [-0.05, 0) is 56.4 Å². The van der Waals surface area contributed by atoms with Crippen LogP contribution in [0.2, 0.25) is 0 Å². The van der Waals surface area contributed by atoms with Crippen molar-refractivity contribution in [2.45, 2.75) is 44.2 Å². The smallest absolute Gasteiger partial charge is 0.241 e. The highest BCUT2D eigenvalue weighted by molar-refractivity contribution is 5.86. The highest BCUT2D eigenvalue weighted by atomic mass is 16.3. The van der Waals surface area contributed by atoms with Gasteiger partial charge in [0.25, 0.3) is 0 Å². The Morgan fingerprint density at radius 3 is 2.68 bits per heavy atom. The molecule has 1 aliphatic carbocycles. The van der Waals surface area contributed by atoms with Crippen molar-refractivity contribution in [3.63, 3.8) is 0 Å². The molecule has 0 saturated heterocycles. The molecule has 0 radical (unpaired) electrons. The zero-order chi connectivity index (χ0) is 19.1. The van der Waals surface area contributed by atoms with E-state index in [2.05, 4.69) is 25.4 Å². The molecule has 7 nitrogen and oxygen atoms in total. The van der Waals surface area contributed by atoms with E-state index in [1.54, 1.807) is 12.4 Å². The monoisotopic (exact) mass is 374 g/mol. The Balaban J connectivity index is 1.41. The van der Waals surface area contributed by atoms with Gasteiger partial charge in [0.05, 0.1) is 28.3 Å². The van der Waals surface area contributed by atoms with E-state index in [0.717, 1.165) is 53.4 Å². The van der Waals surface area contributed by atoms with Crippen molar-refractivity contribution < 1.29 is 5.11 Å². The Morgan fingerprint density at radius 2 is 1.86 bits per heavy atom. The van der Waals surface area contributed by atoms with Gasteiger partial charge in [-0.1, -0.05) is 6.07 Å². The predicted octanol–water partition coefficient (Wildman–Crippen LogP) is 3.45. The van der Waals surface area contributed by atoms with Crippen molar-refractivity contribution in [3.05, 3.63) is 49.1 Å². The molecule has 7 heteroatoms. The summed E-state index contributed by atoms with van der Waals surface area (Å²) in [6.45, 7) is 1.91. The summed E-state index contributed by atoms with van der Waals surface area (Å²) in [7, 11) is 0. The van der Waals surface area contributed by atoms with Crippen LogP contribution in [0.1, 0.15) is 32.6 Å². The van der Waals surface area contributed by atoms with Crippen LogP contribution in [-0.4, -0.2) is 41.3 Å². The first-order chi connectivity index (χ1) is 13.6. The minimum absolute atomic E-state index is 0.298. The summed E-state index contributed by atoms with van der Waals surface area (Å²) in [5, 5.41) is 18.1. The Morgan fingerprint density at radius 1 is 1.07 bits per heavy atom. The van der Waals surface area contributed by atoms with E-state index < -0.39 is 5.60 Å². The highest BCUT2D eigenvalue weighted by Gasteiger charge is 2.28. The minimum atomic E-state index is -0.539. The number of nitrogens with zero attached hydrogens (tertiary/aromatic N) is 5. The maximum Gasteiger partial charge on any atom is 0.241 e. The van der Waals surface area contributed by atoms with Gasteiger partial charge in [-0.25, -0.2) is 9.50 Å². The van der Waals surface area contributed by atoms with Crippen LogP contribution < -0.4 is 5.32 Å². The minimum Gasteiger partial charge on any atom is -0.390 e. The normalized spacial score (nSPS) is 22.6. The zero-order valence-electron chi connectivity index (χ0n) is 15.7. The molecule has 1 fully saturated rings. The summed E-state index contributed by atoms with van der Waals surface area (Å²) < 4.78 is 1.85. The number of hydrogen-bond donors (Lipinski definition) is 2. The van der Waals surface area contributed by atoms with Crippen molar-refractivity contribution in [2.75, 3.05) is 5.32 Å². The Kier molecular flexibility index (Phi) is 3.98. The molecule has 0 unspecified atom stereocenters. The molecule has 4 aromatic rings. The van der Waals surface area contributed by atoms with Gasteiger partial charge in [-0.15, -0.1) is 5.10 Å². The van der Waals surface area contributed by atoms with Crippen LogP contribution >= 0.6 is 0 Å². The number of rotatable bonds is 3. The fourth-order valence-corrected chi connectivity index (χ4v) is 3.91. The van der Waals surface area contributed by atoms with Gasteiger partial charge in [-0.2, -0.15) is 0 Å². The molecule has 0 amide bonds. The number of benzene rings is 1. The molecule has 1 saturated carbocycles. The molecule has 1 aliphatic rings. The molecular weight excluding hydrogens is 352 g/mol. The largest absolute Gasteiger partial charge is 0.390 e. The van der Waals surface area contributed by atoms with Gasteiger partial charge < -0.3 is 10.4 Å². The van der Waals surface area contributed by atoms with Crippen LogP contribution in [-0.2, 0) is 0 Å².